The van der Waals surface area contributed by atoms with Gasteiger partial charge in [-0.1, -0.05) is 24.3 Å². The first-order valence-corrected chi connectivity index (χ1v) is 8.28. The van der Waals surface area contributed by atoms with Crippen molar-refractivity contribution in [2.45, 2.75) is 13.5 Å². The van der Waals surface area contributed by atoms with Crippen LogP contribution in [-0.4, -0.2) is 39.8 Å². The van der Waals surface area contributed by atoms with Crippen molar-refractivity contribution in [3.05, 3.63) is 53.1 Å². The van der Waals surface area contributed by atoms with Crippen molar-refractivity contribution >= 4 is 11.9 Å². The van der Waals surface area contributed by atoms with Crippen LogP contribution in [0, 0.1) is 6.92 Å². The topological polar surface area (TPSA) is 83.1 Å². The van der Waals surface area contributed by atoms with Gasteiger partial charge in [-0.25, -0.2) is 0 Å². The van der Waals surface area contributed by atoms with Crippen molar-refractivity contribution in [3.63, 3.8) is 0 Å². The fraction of sp³-hybridized carbons (Fsp3) is 0.300. The molecule has 0 atom stereocenters. The second-order valence-corrected chi connectivity index (χ2v) is 5.68. The largest absolute Gasteiger partial charge is 0.493 e. The number of aryl methyl sites for hydroxylation is 1. The number of ether oxygens (including phenoxy) is 4. The van der Waals surface area contributed by atoms with Gasteiger partial charge in [0.2, 0.25) is 5.75 Å². The van der Waals surface area contributed by atoms with Gasteiger partial charge in [-0.05, 0) is 30.2 Å². The number of amides is 1. The molecular formula is C20H23NO6. The Labute approximate surface area is 158 Å². The van der Waals surface area contributed by atoms with Crippen LogP contribution in [-0.2, 0) is 16.1 Å². The summed E-state index contributed by atoms with van der Waals surface area (Å²) in [4.78, 5) is 24.2. The number of benzene rings is 2. The Hall–Kier alpha value is -3.22. The maximum absolute atomic E-state index is 12.3. The van der Waals surface area contributed by atoms with E-state index in [-0.39, 0.29) is 18.7 Å². The first-order valence-electron chi connectivity index (χ1n) is 8.28. The number of carbonyl (C=O) groups excluding carboxylic acids is 2. The van der Waals surface area contributed by atoms with Gasteiger partial charge in [-0.3, -0.25) is 9.59 Å². The van der Waals surface area contributed by atoms with Crippen LogP contribution in [0.15, 0.2) is 36.4 Å². The predicted molar refractivity (Wildman–Crippen MR) is 99.4 cm³/mol. The Bertz CT molecular complexity index is 793. The molecule has 7 nitrogen and oxygen atoms in total. The van der Waals surface area contributed by atoms with Gasteiger partial charge in [0.15, 0.2) is 11.5 Å². The molecule has 0 heterocycles. The van der Waals surface area contributed by atoms with Crippen LogP contribution in [0.3, 0.4) is 0 Å². The van der Waals surface area contributed by atoms with Gasteiger partial charge in [-0.15, -0.1) is 0 Å². The molecule has 2 aromatic rings. The molecule has 0 spiro atoms. The zero-order valence-corrected chi connectivity index (χ0v) is 15.8. The molecular weight excluding hydrogens is 350 g/mol. The fourth-order valence-corrected chi connectivity index (χ4v) is 2.45. The standard InChI is InChI=1S/C20H23NO6/c1-13-7-5-6-8-14(13)12-27-18(22)11-21-20(23)15-9-16(24-2)19(26-4)17(10-15)25-3/h5-10H,11-12H2,1-4H3,(H,21,23). The lowest BCUT2D eigenvalue weighted by Crippen LogP contribution is -2.30. The summed E-state index contributed by atoms with van der Waals surface area (Å²) in [7, 11) is 4.40. The molecule has 0 saturated heterocycles. The fourth-order valence-electron chi connectivity index (χ4n) is 2.45. The van der Waals surface area contributed by atoms with E-state index in [1.165, 1.54) is 33.5 Å². The third-order valence-electron chi connectivity index (χ3n) is 3.97. The molecule has 0 aliphatic carbocycles. The number of rotatable bonds is 8. The maximum Gasteiger partial charge on any atom is 0.325 e. The van der Waals surface area contributed by atoms with Crippen LogP contribution in [0.4, 0.5) is 0 Å². The van der Waals surface area contributed by atoms with Crippen molar-refractivity contribution in [2.24, 2.45) is 0 Å². The monoisotopic (exact) mass is 373 g/mol. The molecule has 0 bridgehead atoms. The van der Waals surface area contributed by atoms with Crippen LogP contribution >= 0.6 is 0 Å². The Balaban J connectivity index is 1.97. The predicted octanol–water partition coefficient (Wildman–Crippen LogP) is 2.49. The average molecular weight is 373 g/mol. The third kappa shape index (κ3) is 5.13. The van der Waals surface area contributed by atoms with E-state index in [0.29, 0.717) is 17.2 Å². The molecule has 0 unspecified atom stereocenters. The van der Waals surface area contributed by atoms with Crippen LogP contribution in [0.2, 0.25) is 0 Å². The van der Waals surface area contributed by atoms with Crippen LogP contribution in [0.25, 0.3) is 0 Å². The minimum absolute atomic E-state index is 0.158. The summed E-state index contributed by atoms with van der Waals surface area (Å²) in [5.41, 5.74) is 2.23. The SMILES string of the molecule is COc1cc(C(=O)NCC(=O)OCc2ccccc2C)cc(OC)c1OC. The van der Waals surface area contributed by atoms with E-state index in [9.17, 15) is 9.59 Å². The van der Waals surface area contributed by atoms with E-state index < -0.39 is 11.9 Å². The Morgan fingerprint density at radius 2 is 1.59 bits per heavy atom. The van der Waals surface area contributed by atoms with Crippen molar-refractivity contribution in [3.8, 4) is 17.2 Å². The smallest absolute Gasteiger partial charge is 0.325 e. The maximum atomic E-state index is 12.3. The highest BCUT2D eigenvalue weighted by molar-refractivity contribution is 5.97. The summed E-state index contributed by atoms with van der Waals surface area (Å²) >= 11 is 0. The van der Waals surface area contributed by atoms with E-state index in [1.807, 2.05) is 31.2 Å². The molecule has 0 aliphatic rings. The highest BCUT2D eigenvalue weighted by atomic mass is 16.5. The van der Waals surface area contributed by atoms with Gasteiger partial charge in [0.05, 0.1) is 21.3 Å². The van der Waals surface area contributed by atoms with Gasteiger partial charge in [0.1, 0.15) is 13.2 Å². The van der Waals surface area contributed by atoms with E-state index >= 15 is 0 Å². The molecule has 1 N–H and O–H groups in total. The normalized spacial score (nSPS) is 10.1. The lowest BCUT2D eigenvalue weighted by molar-refractivity contribution is -0.143. The summed E-state index contributed by atoms with van der Waals surface area (Å²) in [5.74, 6) is 0.101. The summed E-state index contributed by atoms with van der Waals surface area (Å²) < 4.78 is 20.9. The summed E-state index contributed by atoms with van der Waals surface area (Å²) in [6.45, 7) is 1.85. The van der Waals surface area contributed by atoms with Crippen molar-refractivity contribution in [1.82, 2.24) is 5.32 Å². The molecule has 2 rings (SSSR count). The molecule has 144 valence electrons. The Morgan fingerprint density at radius 1 is 0.963 bits per heavy atom. The molecule has 0 fully saturated rings. The average Bonchev–Trinajstić information content (AvgIpc) is 2.70. The van der Waals surface area contributed by atoms with E-state index in [2.05, 4.69) is 5.32 Å². The minimum atomic E-state index is -0.529. The Kier molecular flexibility index (Phi) is 7.05. The summed E-state index contributed by atoms with van der Waals surface area (Å²) in [6.07, 6.45) is 0. The molecule has 2 aromatic carbocycles. The summed E-state index contributed by atoms with van der Waals surface area (Å²) in [6, 6.07) is 10.6. The molecule has 0 aromatic heterocycles. The number of hydrogen-bond acceptors (Lipinski definition) is 6. The number of methoxy groups -OCH3 is 3. The lowest BCUT2D eigenvalue weighted by atomic mass is 10.1. The van der Waals surface area contributed by atoms with Crippen molar-refractivity contribution in [1.29, 1.82) is 0 Å². The number of esters is 1. The van der Waals surface area contributed by atoms with Gasteiger partial charge in [0, 0.05) is 5.56 Å². The molecule has 7 heteroatoms. The van der Waals surface area contributed by atoms with E-state index in [0.717, 1.165) is 11.1 Å². The molecule has 0 saturated carbocycles. The molecule has 0 aliphatic heterocycles. The number of carbonyl (C=O) groups is 2. The van der Waals surface area contributed by atoms with Crippen LogP contribution in [0.1, 0.15) is 21.5 Å². The zero-order valence-electron chi connectivity index (χ0n) is 15.8. The van der Waals surface area contributed by atoms with Crippen molar-refractivity contribution in [2.75, 3.05) is 27.9 Å². The van der Waals surface area contributed by atoms with Gasteiger partial charge < -0.3 is 24.3 Å². The number of hydrogen-bond donors (Lipinski definition) is 1. The molecule has 27 heavy (non-hydrogen) atoms. The van der Waals surface area contributed by atoms with Gasteiger partial charge in [0.25, 0.3) is 5.91 Å². The first kappa shape index (κ1) is 20.1. The highest BCUT2D eigenvalue weighted by Gasteiger charge is 2.17. The molecule has 0 radical (unpaired) electrons. The zero-order chi connectivity index (χ0) is 19.8. The van der Waals surface area contributed by atoms with Crippen molar-refractivity contribution < 1.29 is 28.5 Å². The quantitative estimate of drug-likeness (QED) is 0.716. The second-order valence-electron chi connectivity index (χ2n) is 5.68. The highest BCUT2D eigenvalue weighted by Crippen LogP contribution is 2.38. The molecule has 1 amide bonds. The third-order valence-corrected chi connectivity index (χ3v) is 3.97. The lowest BCUT2D eigenvalue weighted by Gasteiger charge is -2.14. The van der Waals surface area contributed by atoms with Gasteiger partial charge >= 0.3 is 5.97 Å². The van der Waals surface area contributed by atoms with Gasteiger partial charge in [-0.2, -0.15) is 0 Å². The van der Waals surface area contributed by atoms with E-state index in [1.54, 1.807) is 0 Å². The Morgan fingerprint density at radius 3 is 2.15 bits per heavy atom. The minimum Gasteiger partial charge on any atom is -0.493 e. The van der Waals surface area contributed by atoms with Crippen LogP contribution < -0.4 is 19.5 Å². The first-order chi connectivity index (χ1) is 13.0. The van der Waals surface area contributed by atoms with Crippen LogP contribution in [0.5, 0.6) is 17.2 Å². The number of nitrogens with one attached hydrogen (secondary N) is 1. The summed E-state index contributed by atoms with van der Waals surface area (Å²) in [5, 5.41) is 2.52. The van der Waals surface area contributed by atoms with E-state index in [4.69, 9.17) is 18.9 Å². The second kappa shape index (κ2) is 9.47.